The van der Waals surface area contributed by atoms with E-state index in [1.807, 2.05) is 60.7 Å². The van der Waals surface area contributed by atoms with Crippen molar-refractivity contribution in [3.8, 4) is 5.75 Å². The first-order chi connectivity index (χ1) is 14.5. The van der Waals surface area contributed by atoms with Gasteiger partial charge in [0, 0.05) is 18.7 Å². The minimum absolute atomic E-state index is 0.137. The van der Waals surface area contributed by atoms with Crippen molar-refractivity contribution in [3.05, 3.63) is 95.1 Å². The Hall–Kier alpha value is -3.60. The molecule has 5 nitrogen and oxygen atoms in total. The Kier molecular flexibility index (Phi) is 7.22. The molecule has 0 atom stereocenters. The first kappa shape index (κ1) is 21.1. The molecule has 0 bridgehead atoms. The van der Waals surface area contributed by atoms with E-state index in [2.05, 4.69) is 5.32 Å². The largest absolute Gasteiger partial charge is 0.489 e. The Balaban J connectivity index is 1.72. The molecule has 5 heteroatoms. The van der Waals surface area contributed by atoms with Crippen LogP contribution < -0.4 is 10.1 Å². The van der Waals surface area contributed by atoms with Gasteiger partial charge in [-0.3, -0.25) is 4.79 Å². The minimum Gasteiger partial charge on any atom is -0.489 e. The predicted molar refractivity (Wildman–Crippen MR) is 117 cm³/mol. The number of carboxylic acids is 1. The van der Waals surface area contributed by atoms with Gasteiger partial charge in [-0.05, 0) is 48.1 Å². The Morgan fingerprint density at radius 2 is 1.60 bits per heavy atom. The topological polar surface area (TPSA) is 75.6 Å². The van der Waals surface area contributed by atoms with Gasteiger partial charge in [0.1, 0.15) is 12.4 Å². The van der Waals surface area contributed by atoms with Gasteiger partial charge < -0.3 is 15.2 Å². The second-order valence-corrected chi connectivity index (χ2v) is 7.09. The molecule has 0 radical (unpaired) electrons. The Bertz CT molecular complexity index is 1010. The van der Waals surface area contributed by atoms with Gasteiger partial charge in [0.25, 0.3) is 0 Å². The quantitative estimate of drug-likeness (QED) is 0.521. The highest BCUT2D eigenvalue weighted by molar-refractivity contribution is 5.89. The maximum absolute atomic E-state index is 11.4. The number of aryl methyl sites for hydroxylation is 2. The summed E-state index contributed by atoms with van der Waals surface area (Å²) in [5.74, 6) is -0.323. The summed E-state index contributed by atoms with van der Waals surface area (Å²) in [6.45, 7) is 1.90. The summed E-state index contributed by atoms with van der Waals surface area (Å²) in [5.41, 5.74) is 3.94. The zero-order chi connectivity index (χ0) is 21.3. The van der Waals surface area contributed by atoms with Crippen molar-refractivity contribution >= 4 is 17.6 Å². The van der Waals surface area contributed by atoms with Crippen LogP contribution >= 0.6 is 0 Å². The van der Waals surface area contributed by atoms with Crippen molar-refractivity contribution in [1.29, 1.82) is 0 Å². The SMILES string of the molecule is CC(=O)Nc1ccc(CCCc2ccccc2C(=O)O)c(OCc2ccccc2)c1. The number of nitrogens with one attached hydrogen (secondary N) is 1. The summed E-state index contributed by atoms with van der Waals surface area (Å²) < 4.78 is 6.06. The number of hydrogen-bond donors (Lipinski definition) is 2. The van der Waals surface area contributed by atoms with Crippen LogP contribution in [0.5, 0.6) is 5.75 Å². The number of carbonyl (C=O) groups excluding carboxylic acids is 1. The summed E-state index contributed by atoms with van der Waals surface area (Å²) in [5, 5.41) is 12.1. The molecule has 0 saturated heterocycles. The molecule has 154 valence electrons. The molecular weight excluding hydrogens is 378 g/mol. The van der Waals surface area contributed by atoms with Gasteiger partial charge >= 0.3 is 5.97 Å². The number of ether oxygens (including phenoxy) is 1. The Morgan fingerprint density at radius 1 is 0.900 bits per heavy atom. The van der Waals surface area contributed by atoms with E-state index in [1.54, 1.807) is 12.1 Å². The summed E-state index contributed by atoms with van der Waals surface area (Å²) in [7, 11) is 0. The van der Waals surface area contributed by atoms with Gasteiger partial charge in [-0.25, -0.2) is 4.79 Å². The molecule has 2 N–H and O–H groups in total. The third kappa shape index (κ3) is 5.95. The van der Waals surface area contributed by atoms with Crippen LogP contribution in [0, 0.1) is 0 Å². The number of rotatable bonds is 9. The third-order valence-corrected chi connectivity index (χ3v) is 4.76. The van der Waals surface area contributed by atoms with Crippen molar-refractivity contribution in [1.82, 2.24) is 0 Å². The molecule has 30 heavy (non-hydrogen) atoms. The van der Waals surface area contributed by atoms with Gasteiger partial charge in [0.2, 0.25) is 5.91 Å². The van der Waals surface area contributed by atoms with Gasteiger partial charge in [0.05, 0.1) is 5.56 Å². The van der Waals surface area contributed by atoms with Crippen LogP contribution in [-0.2, 0) is 24.2 Å². The highest BCUT2D eigenvalue weighted by Crippen LogP contribution is 2.26. The van der Waals surface area contributed by atoms with E-state index in [4.69, 9.17) is 4.74 Å². The highest BCUT2D eigenvalue weighted by atomic mass is 16.5. The first-order valence-corrected chi connectivity index (χ1v) is 9.91. The molecule has 3 aromatic carbocycles. The van der Waals surface area contributed by atoms with E-state index in [9.17, 15) is 14.7 Å². The van der Waals surface area contributed by atoms with Crippen molar-refractivity contribution < 1.29 is 19.4 Å². The van der Waals surface area contributed by atoms with Crippen molar-refractivity contribution in [3.63, 3.8) is 0 Å². The molecule has 0 aromatic heterocycles. The van der Waals surface area contributed by atoms with E-state index in [0.717, 1.165) is 35.3 Å². The number of carbonyl (C=O) groups is 2. The number of amides is 1. The summed E-state index contributed by atoms with van der Waals surface area (Å²) in [6.07, 6.45) is 2.18. The standard InChI is InChI=1S/C25H25NO4/c1-18(27)26-22-15-14-21(24(16-22)30-17-19-8-3-2-4-9-19)12-7-11-20-10-5-6-13-23(20)25(28)29/h2-6,8-10,13-16H,7,11-12,17H2,1H3,(H,26,27)(H,28,29). The van der Waals surface area contributed by atoms with Crippen LogP contribution in [0.3, 0.4) is 0 Å². The molecular formula is C25H25NO4. The zero-order valence-corrected chi connectivity index (χ0v) is 16.9. The lowest BCUT2D eigenvalue weighted by Crippen LogP contribution is -2.07. The van der Waals surface area contributed by atoms with E-state index in [-0.39, 0.29) is 5.91 Å². The number of hydrogen-bond acceptors (Lipinski definition) is 3. The van der Waals surface area contributed by atoms with Crippen LogP contribution in [0.25, 0.3) is 0 Å². The monoisotopic (exact) mass is 403 g/mol. The molecule has 0 aliphatic rings. The number of aromatic carboxylic acids is 1. The van der Waals surface area contributed by atoms with Gasteiger partial charge in [-0.1, -0.05) is 54.6 Å². The molecule has 1 amide bonds. The summed E-state index contributed by atoms with van der Waals surface area (Å²) in [4.78, 5) is 22.8. The minimum atomic E-state index is -0.905. The lowest BCUT2D eigenvalue weighted by Gasteiger charge is -2.14. The molecule has 0 heterocycles. The molecule has 0 aliphatic heterocycles. The second-order valence-electron chi connectivity index (χ2n) is 7.09. The van der Waals surface area contributed by atoms with Crippen molar-refractivity contribution in [2.45, 2.75) is 32.8 Å². The average molecular weight is 403 g/mol. The first-order valence-electron chi connectivity index (χ1n) is 9.91. The Morgan fingerprint density at radius 3 is 2.33 bits per heavy atom. The number of benzene rings is 3. The van der Waals surface area contributed by atoms with Gasteiger partial charge in [-0.2, -0.15) is 0 Å². The fourth-order valence-corrected chi connectivity index (χ4v) is 3.33. The molecule has 3 rings (SSSR count). The van der Waals surface area contributed by atoms with Gasteiger partial charge in [0.15, 0.2) is 0 Å². The van der Waals surface area contributed by atoms with E-state index < -0.39 is 5.97 Å². The molecule has 3 aromatic rings. The maximum atomic E-state index is 11.4. The molecule has 0 saturated carbocycles. The Labute approximate surface area is 176 Å². The summed E-state index contributed by atoms with van der Waals surface area (Å²) >= 11 is 0. The molecule has 0 aliphatic carbocycles. The predicted octanol–water partition coefficient (Wildman–Crippen LogP) is 5.10. The van der Waals surface area contributed by atoms with Crippen LogP contribution in [0.4, 0.5) is 5.69 Å². The van der Waals surface area contributed by atoms with E-state index in [1.165, 1.54) is 6.92 Å². The number of carboxylic acid groups (broad SMARTS) is 1. The van der Waals surface area contributed by atoms with Crippen LogP contribution in [0.15, 0.2) is 72.8 Å². The normalized spacial score (nSPS) is 10.4. The highest BCUT2D eigenvalue weighted by Gasteiger charge is 2.11. The lowest BCUT2D eigenvalue weighted by atomic mass is 9.99. The van der Waals surface area contributed by atoms with Crippen molar-refractivity contribution in [2.75, 3.05) is 5.32 Å². The van der Waals surface area contributed by atoms with Gasteiger partial charge in [-0.15, -0.1) is 0 Å². The fraction of sp³-hybridized carbons (Fsp3) is 0.200. The fourth-order valence-electron chi connectivity index (χ4n) is 3.33. The molecule has 0 fully saturated rings. The van der Waals surface area contributed by atoms with Crippen LogP contribution in [0.1, 0.15) is 40.4 Å². The summed E-state index contributed by atoms with van der Waals surface area (Å²) in [6, 6.07) is 22.6. The lowest BCUT2D eigenvalue weighted by molar-refractivity contribution is -0.114. The van der Waals surface area contributed by atoms with Crippen LogP contribution in [0.2, 0.25) is 0 Å². The van der Waals surface area contributed by atoms with E-state index >= 15 is 0 Å². The second kappa shape index (κ2) is 10.3. The smallest absolute Gasteiger partial charge is 0.335 e. The van der Waals surface area contributed by atoms with E-state index in [0.29, 0.717) is 24.3 Å². The molecule has 0 unspecified atom stereocenters. The number of anilines is 1. The van der Waals surface area contributed by atoms with Crippen LogP contribution in [-0.4, -0.2) is 17.0 Å². The average Bonchev–Trinajstić information content (AvgIpc) is 2.74. The van der Waals surface area contributed by atoms with Crippen molar-refractivity contribution in [2.24, 2.45) is 0 Å². The maximum Gasteiger partial charge on any atom is 0.335 e. The third-order valence-electron chi connectivity index (χ3n) is 4.76. The molecule has 0 spiro atoms. The zero-order valence-electron chi connectivity index (χ0n) is 16.9.